The maximum atomic E-state index is 11.9. The first kappa shape index (κ1) is 16.6. The van der Waals surface area contributed by atoms with Crippen LogP contribution < -0.4 is 9.47 Å². The highest BCUT2D eigenvalue weighted by molar-refractivity contribution is 6.22. The molecule has 136 valence electrons. The van der Waals surface area contributed by atoms with E-state index in [2.05, 4.69) is 14.9 Å². The lowest BCUT2D eigenvalue weighted by molar-refractivity contribution is -0.134. The predicted octanol–water partition coefficient (Wildman–Crippen LogP) is 2.12. The van der Waals surface area contributed by atoms with Gasteiger partial charge >= 0.3 is 11.9 Å². The summed E-state index contributed by atoms with van der Waals surface area (Å²) >= 11 is 0. The molecule has 0 saturated heterocycles. The van der Waals surface area contributed by atoms with Crippen molar-refractivity contribution in [1.29, 1.82) is 0 Å². The van der Waals surface area contributed by atoms with Crippen LogP contribution in [0.1, 0.15) is 11.1 Å². The number of hydrogen-bond donors (Lipinski definition) is 2. The Morgan fingerprint density at radius 3 is 2.48 bits per heavy atom. The molecule has 0 atom stereocenters. The Hall–Kier alpha value is -3.88. The molecule has 0 spiro atoms. The van der Waals surface area contributed by atoms with E-state index in [1.807, 2.05) is 0 Å². The molecule has 9 heteroatoms. The van der Waals surface area contributed by atoms with Gasteiger partial charge in [0.25, 0.3) is 0 Å². The quantitative estimate of drug-likeness (QED) is 0.650. The number of fused-ring (bicyclic) bond motifs is 2. The molecule has 3 aromatic rings. The van der Waals surface area contributed by atoms with E-state index in [1.165, 1.54) is 18.2 Å². The zero-order valence-electron chi connectivity index (χ0n) is 13.7. The van der Waals surface area contributed by atoms with Gasteiger partial charge in [0.2, 0.25) is 6.79 Å². The van der Waals surface area contributed by atoms with Crippen molar-refractivity contribution < 1.29 is 33.9 Å². The second-order valence-corrected chi connectivity index (χ2v) is 5.80. The maximum Gasteiger partial charge on any atom is 0.336 e. The highest BCUT2D eigenvalue weighted by Crippen LogP contribution is 2.34. The topological polar surface area (TPSA) is 132 Å². The van der Waals surface area contributed by atoms with E-state index >= 15 is 0 Å². The molecule has 0 aliphatic carbocycles. The van der Waals surface area contributed by atoms with Crippen LogP contribution in [0.15, 0.2) is 46.6 Å². The molecule has 27 heavy (non-hydrogen) atoms. The van der Waals surface area contributed by atoms with E-state index in [-0.39, 0.29) is 29.9 Å². The van der Waals surface area contributed by atoms with Crippen molar-refractivity contribution in [3.05, 3.63) is 53.1 Å². The molecule has 1 aliphatic heterocycles. The molecule has 4 rings (SSSR count). The van der Waals surface area contributed by atoms with Gasteiger partial charge in [0.1, 0.15) is 11.0 Å². The Morgan fingerprint density at radius 2 is 1.70 bits per heavy atom. The van der Waals surface area contributed by atoms with Crippen LogP contribution in [0.25, 0.3) is 16.6 Å². The third kappa shape index (κ3) is 3.06. The van der Waals surface area contributed by atoms with Gasteiger partial charge in [-0.05, 0) is 45.7 Å². The molecular weight excluding hydrogens is 356 g/mol. The van der Waals surface area contributed by atoms with Gasteiger partial charge in [-0.1, -0.05) is 12.1 Å². The highest BCUT2D eigenvalue weighted by atomic mass is 16.7. The Labute approximate surface area is 151 Å². The molecule has 0 unspecified atom stereocenters. The van der Waals surface area contributed by atoms with Crippen molar-refractivity contribution in [2.45, 2.75) is 6.42 Å². The van der Waals surface area contributed by atoms with Crippen molar-refractivity contribution in [2.24, 2.45) is 0 Å². The average Bonchev–Trinajstić information content (AvgIpc) is 3.28. The molecule has 0 fully saturated rings. The Kier molecular flexibility index (Phi) is 3.96. The number of aliphatic carboxylic acids is 2. The summed E-state index contributed by atoms with van der Waals surface area (Å²) in [6.07, 6.45) is -0.108. The molecule has 1 aliphatic rings. The minimum Gasteiger partial charge on any atom is -0.478 e. The first-order valence-electron chi connectivity index (χ1n) is 7.84. The van der Waals surface area contributed by atoms with Crippen LogP contribution in [0.4, 0.5) is 0 Å². The second-order valence-electron chi connectivity index (χ2n) is 5.80. The van der Waals surface area contributed by atoms with Crippen LogP contribution in [0.3, 0.4) is 0 Å². The third-order valence-corrected chi connectivity index (χ3v) is 4.13. The minimum absolute atomic E-state index is 0.0898. The smallest absolute Gasteiger partial charge is 0.336 e. The Morgan fingerprint density at radius 1 is 0.926 bits per heavy atom. The number of carbonyl (C=O) groups is 2. The van der Waals surface area contributed by atoms with E-state index in [0.717, 1.165) is 0 Å². The molecule has 9 nitrogen and oxygen atoms in total. The molecule has 0 amide bonds. The molecule has 2 aromatic carbocycles. The first-order chi connectivity index (χ1) is 13.0. The molecule has 0 radical (unpaired) electrons. The number of hydrogen-bond acceptors (Lipinski definition) is 7. The third-order valence-electron chi connectivity index (χ3n) is 4.13. The van der Waals surface area contributed by atoms with Crippen molar-refractivity contribution in [1.82, 2.24) is 10.3 Å². The molecule has 1 aromatic heterocycles. The number of carboxylic acid groups (broad SMARTS) is 2. The van der Waals surface area contributed by atoms with E-state index in [9.17, 15) is 19.8 Å². The molecule has 0 saturated carbocycles. The summed E-state index contributed by atoms with van der Waals surface area (Å²) in [6, 6.07) is 9.38. The molecule has 2 N–H and O–H groups in total. The second kappa shape index (κ2) is 6.45. The minimum atomic E-state index is -1.36. The summed E-state index contributed by atoms with van der Waals surface area (Å²) in [5.41, 5.74) is 0.959. The van der Waals surface area contributed by atoms with Crippen LogP contribution in [0, 0.1) is 0 Å². The lowest BCUT2D eigenvalue weighted by Gasteiger charge is -2.10. The van der Waals surface area contributed by atoms with Crippen molar-refractivity contribution in [2.75, 3.05) is 6.79 Å². The van der Waals surface area contributed by atoms with Gasteiger partial charge in [-0.25, -0.2) is 14.2 Å². The summed E-state index contributed by atoms with van der Waals surface area (Å²) in [5, 5.41) is 26.7. The fourth-order valence-corrected chi connectivity index (χ4v) is 2.89. The Balaban J connectivity index is 1.81. The number of carboxylic acids is 2. The summed E-state index contributed by atoms with van der Waals surface area (Å²) in [6.45, 7) is 0.0898. The summed E-state index contributed by atoms with van der Waals surface area (Å²) in [4.78, 5) is 23.7. The van der Waals surface area contributed by atoms with Crippen LogP contribution in [0.2, 0.25) is 0 Å². The first-order valence-corrected chi connectivity index (χ1v) is 7.84. The van der Waals surface area contributed by atoms with Gasteiger partial charge < -0.3 is 19.7 Å². The van der Waals surface area contributed by atoms with Gasteiger partial charge in [-0.3, -0.25) is 0 Å². The van der Waals surface area contributed by atoms with Crippen LogP contribution in [-0.2, 0) is 16.0 Å². The monoisotopic (exact) mass is 368 g/mol. The lowest BCUT2D eigenvalue weighted by Crippen LogP contribution is -2.13. The standard InChI is InChI=1S/C18H12N2O7/c21-17(22)11(5-9-1-4-14-15(6-9)26-8-25-14)16(18(23)24)10-2-3-12-13(7-10)20-27-19-12/h1-4,6-7H,5,8H2,(H,21,22)(H,23,24). The van der Waals surface area contributed by atoms with Gasteiger partial charge in [-0.15, -0.1) is 0 Å². The largest absolute Gasteiger partial charge is 0.478 e. The fourth-order valence-electron chi connectivity index (χ4n) is 2.89. The zero-order chi connectivity index (χ0) is 19.0. The van der Waals surface area contributed by atoms with Crippen molar-refractivity contribution in [3.63, 3.8) is 0 Å². The zero-order valence-corrected chi connectivity index (χ0v) is 13.7. The predicted molar refractivity (Wildman–Crippen MR) is 90.3 cm³/mol. The van der Waals surface area contributed by atoms with Crippen molar-refractivity contribution >= 4 is 28.5 Å². The summed E-state index contributed by atoms with van der Waals surface area (Å²) < 4.78 is 15.1. The fraction of sp³-hybridized carbons (Fsp3) is 0.111. The number of rotatable bonds is 5. The van der Waals surface area contributed by atoms with E-state index < -0.39 is 11.9 Å². The van der Waals surface area contributed by atoms with Gasteiger partial charge in [0.05, 0.1) is 11.1 Å². The molecular formula is C18H12N2O7. The molecule has 2 heterocycles. The summed E-state index contributed by atoms with van der Waals surface area (Å²) in [7, 11) is 0. The van der Waals surface area contributed by atoms with Gasteiger partial charge in [0.15, 0.2) is 11.5 Å². The maximum absolute atomic E-state index is 11.9. The van der Waals surface area contributed by atoms with E-state index in [4.69, 9.17) is 9.47 Å². The van der Waals surface area contributed by atoms with E-state index in [0.29, 0.717) is 28.1 Å². The van der Waals surface area contributed by atoms with Crippen LogP contribution in [0.5, 0.6) is 11.5 Å². The molecule has 0 bridgehead atoms. The lowest BCUT2D eigenvalue weighted by atomic mass is 9.94. The highest BCUT2D eigenvalue weighted by Gasteiger charge is 2.24. The SMILES string of the molecule is O=C(O)C(Cc1ccc2c(c1)OCO2)=C(C(=O)O)c1ccc2nonc2c1. The average molecular weight is 368 g/mol. The van der Waals surface area contributed by atoms with Gasteiger partial charge in [-0.2, -0.15) is 0 Å². The number of aromatic nitrogens is 2. The number of benzene rings is 2. The number of ether oxygens (including phenoxy) is 2. The van der Waals surface area contributed by atoms with Crippen LogP contribution in [-0.4, -0.2) is 39.3 Å². The van der Waals surface area contributed by atoms with Gasteiger partial charge in [0, 0.05) is 6.42 Å². The number of nitrogens with zero attached hydrogens (tertiary/aromatic N) is 2. The van der Waals surface area contributed by atoms with E-state index in [1.54, 1.807) is 18.2 Å². The normalized spacial score (nSPS) is 13.5. The summed E-state index contributed by atoms with van der Waals surface area (Å²) in [5.74, 6) is -1.64. The Bertz CT molecular complexity index is 1100. The van der Waals surface area contributed by atoms with Crippen LogP contribution >= 0.6 is 0 Å². The van der Waals surface area contributed by atoms with Crippen molar-refractivity contribution in [3.8, 4) is 11.5 Å².